The molecule has 1 amide bonds. The number of amides is 1. The standard InChI is InChI=1S/C18H19N5O/c1-20-10-15(12-6-3-2-4-7-12)23-18-14-9-5-8-13(17(19)24)16(14)21-11-22-18/h2-9,11,15,20H,10H2,1H3,(H2,19,24)(H,21,22,23)/t15-/m0/s1. The minimum Gasteiger partial charge on any atom is -0.366 e. The van der Waals surface area contributed by atoms with Crippen LogP contribution < -0.4 is 16.4 Å². The molecule has 3 aromatic rings. The Bertz CT molecular complexity index is 850. The van der Waals surface area contributed by atoms with Gasteiger partial charge in [-0.2, -0.15) is 0 Å². The highest BCUT2D eigenvalue weighted by atomic mass is 16.1. The fourth-order valence-corrected chi connectivity index (χ4v) is 2.71. The molecule has 0 aliphatic heterocycles. The van der Waals surface area contributed by atoms with Crippen LogP contribution in [-0.2, 0) is 0 Å². The van der Waals surface area contributed by atoms with Gasteiger partial charge in [-0.1, -0.05) is 36.4 Å². The van der Waals surface area contributed by atoms with Gasteiger partial charge in [0, 0.05) is 11.9 Å². The van der Waals surface area contributed by atoms with Crippen LogP contribution in [0.2, 0.25) is 0 Å². The molecule has 6 nitrogen and oxygen atoms in total. The van der Waals surface area contributed by atoms with Crippen LogP contribution in [0.4, 0.5) is 5.82 Å². The molecule has 24 heavy (non-hydrogen) atoms. The Morgan fingerprint density at radius 3 is 2.62 bits per heavy atom. The molecule has 0 aliphatic rings. The van der Waals surface area contributed by atoms with Gasteiger partial charge < -0.3 is 16.4 Å². The Hall–Kier alpha value is -2.99. The zero-order valence-corrected chi connectivity index (χ0v) is 13.4. The number of carbonyl (C=O) groups is 1. The highest BCUT2D eigenvalue weighted by Crippen LogP contribution is 2.25. The molecule has 0 fully saturated rings. The second-order valence-corrected chi connectivity index (χ2v) is 5.45. The van der Waals surface area contributed by atoms with E-state index in [4.69, 9.17) is 5.73 Å². The number of fused-ring (bicyclic) bond motifs is 1. The molecule has 1 atom stereocenters. The van der Waals surface area contributed by atoms with Crippen molar-refractivity contribution >= 4 is 22.6 Å². The molecular formula is C18H19N5O. The van der Waals surface area contributed by atoms with Crippen molar-refractivity contribution < 1.29 is 4.79 Å². The molecular weight excluding hydrogens is 302 g/mol. The Morgan fingerprint density at radius 1 is 1.12 bits per heavy atom. The third-order valence-electron chi connectivity index (χ3n) is 3.85. The van der Waals surface area contributed by atoms with Crippen LogP contribution in [0.3, 0.4) is 0 Å². The van der Waals surface area contributed by atoms with E-state index in [0.717, 1.165) is 17.5 Å². The summed E-state index contributed by atoms with van der Waals surface area (Å²) in [4.78, 5) is 20.2. The van der Waals surface area contributed by atoms with Gasteiger partial charge in [0.25, 0.3) is 5.91 Å². The van der Waals surface area contributed by atoms with Gasteiger partial charge in [-0.25, -0.2) is 9.97 Å². The number of hydrogen-bond acceptors (Lipinski definition) is 5. The fourth-order valence-electron chi connectivity index (χ4n) is 2.71. The second kappa shape index (κ2) is 7.06. The van der Waals surface area contributed by atoms with Crippen molar-refractivity contribution in [1.29, 1.82) is 0 Å². The molecule has 1 aromatic heterocycles. The molecule has 1 heterocycles. The van der Waals surface area contributed by atoms with Gasteiger partial charge >= 0.3 is 0 Å². The summed E-state index contributed by atoms with van der Waals surface area (Å²) in [5.41, 5.74) is 7.53. The van der Waals surface area contributed by atoms with Crippen LogP contribution in [0.1, 0.15) is 22.0 Å². The Labute approximate surface area is 140 Å². The van der Waals surface area contributed by atoms with Crippen molar-refractivity contribution in [2.45, 2.75) is 6.04 Å². The third-order valence-corrected chi connectivity index (χ3v) is 3.85. The number of para-hydroxylation sites is 1. The maximum absolute atomic E-state index is 11.6. The first-order valence-corrected chi connectivity index (χ1v) is 7.70. The SMILES string of the molecule is CNC[C@H](Nc1ncnc2c(C(N)=O)cccc12)c1ccccc1. The molecule has 4 N–H and O–H groups in total. The maximum atomic E-state index is 11.6. The molecule has 0 aliphatic carbocycles. The number of nitrogens with one attached hydrogen (secondary N) is 2. The fraction of sp³-hybridized carbons (Fsp3) is 0.167. The number of benzene rings is 2. The van der Waals surface area contributed by atoms with Crippen molar-refractivity contribution in [1.82, 2.24) is 15.3 Å². The average molecular weight is 321 g/mol. The lowest BCUT2D eigenvalue weighted by atomic mass is 10.1. The molecule has 6 heteroatoms. The van der Waals surface area contributed by atoms with E-state index >= 15 is 0 Å². The van der Waals surface area contributed by atoms with E-state index < -0.39 is 5.91 Å². The lowest BCUT2D eigenvalue weighted by Crippen LogP contribution is -2.24. The van der Waals surface area contributed by atoms with Crippen LogP contribution >= 0.6 is 0 Å². The van der Waals surface area contributed by atoms with E-state index in [1.165, 1.54) is 6.33 Å². The summed E-state index contributed by atoms with van der Waals surface area (Å²) >= 11 is 0. The molecule has 3 rings (SSSR count). The number of nitrogens with zero attached hydrogens (tertiary/aromatic N) is 2. The molecule has 2 aromatic carbocycles. The largest absolute Gasteiger partial charge is 0.366 e. The van der Waals surface area contributed by atoms with Crippen molar-refractivity contribution in [2.24, 2.45) is 5.73 Å². The van der Waals surface area contributed by atoms with Crippen LogP contribution in [0.5, 0.6) is 0 Å². The minimum absolute atomic E-state index is 0.0338. The highest BCUT2D eigenvalue weighted by molar-refractivity contribution is 6.06. The molecule has 122 valence electrons. The van der Waals surface area contributed by atoms with E-state index in [2.05, 4.69) is 32.7 Å². The number of carbonyl (C=O) groups excluding carboxylic acids is 1. The zero-order chi connectivity index (χ0) is 16.9. The van der Waals surface area contributed by atoms with Gasteiger partial charge in [0.15, 0.2) is 0 Å². The number of aromatic nitrogens is 2. The van der Waals surface area contributed by atoms with Crippen molar-refractivity contribution in [3.8, 4) is 0 Å². The van der Waals surface area contributed by atoms with Crippen molar-refractivity contribution in [3.05, 3.63) is 66.0 Å². The van der Waals surface area contributed by atoms with Crippen molar-refractivity contribution in [3.63, 3.8) is 0 Å². The van der Waals surface area contributed by atoms with E-state index in [1.54, 1.807) is 12.1 Å². The van der Waals surface area contributed by atoms with Gasteiger partial charge in [0.2, 0.25) is 0 Å². The Morgan fingerprint density at radius 2 is 1.92 bits per heavy atom. The van der Waals surface area contributed by atoms with E-state index in [-0.39, 0.29) is 6.04 Å². The number of rotatable bonds is 6. The van der Waals surface area contributed by atoms with Crippen LogP contribution in [0.15, 0.2) is 54.9 Å². The summed E-state index contributed by atoms with van der Waals surface area (Å²) in [6, 6.07) is 15.5. The molecule has 0 saturated heterocycles. The smallest absolute Gasteiger partial charge is 0.250 e. The summed E-state index contributed by atoms with van der Waals surface area (Å²) in [5.74, 6) is 0.173. The average Bonchev–Trinajstić information content (AvgIpc) is 2.61. The number of nitrogens with two attached hydrogens (primary N) is 1. The van der Waals surface area contributed by atoms with Gasteiger partial charge in [-0.15, -0.1) is 0 Å². The Kier molecular flexibility index (Phi) is 4.67. The Balaban J connectivity index is 2.02. The monoisotopic (exact) mass is 321 g/mol. The number of likely N-dealkylation sites (N-methyl/N-ethyl adjacent to an activating group) is 1. The molecule has 0 saturated carbocycles. The van der Waals surface area contributed by atoms with Gasteiger partial charge in [-0.05, 0) is 24.7 Å². The van der Waals surface area contributed by atoms with Gasteiger partial charge in [0.05, 0.1) is 17.1 Å². The first kappa shape index (κ1) is 15.9. The van der Waals surface area contributed by atoms with Gasteiger partial charge in [-0.3, -0.25) is 4.79 Å². The second-order valence-electron chi connectivity index (χ2n) is 5.45. The molecule has 0 bridgehead atoms. The highest BCUT2D eigenvalue weighted by Gasteiger charge is 2.15. The van der Waals surface area contributed by atoms with E-state index in [9.17, 15) is 4.79 Å². The minimum atomic E-state index is -0.500. The molecule has 0 unspecified atom stereocenters. The summed E-state index contributed by atoms with van der Waals surface area (Å²) < 4.78 is 0. The van der Waals surface area contributed by atoms with E-state index in [0.29, 0.717) is 16.9 Å². The number of primary amides is 1. The predicted molar refractivity (Wildman–Crippen MR) is 94.8 cm³/mol. The summed E-state index contributed by atoms with van der Waals surface area (Å²) in [6.45, 7) is 0.727. The zero-order valence-electron chi connectivity index (χ0n) is 13.4. The van der Waals surface area contributed by atoms with E-state index in [1.807, 2.05) is 31.3 Å². The third kappa shape index (κ3) is 3.18. The molecule has 0 spiro atoms. The summed E-state index contributed by atoms with van der Waals surface area (Å²) in [7, 11) is 1.90. The number of anilines is 1. The van der Waals surface area contributed by atoms with Crippen molar-refractivity contribution in [2.75, 3.05) is 18.9 Å². The summed E-state index contributed by atoms with van der Waals surface area (Å²) in [6.07, 6.45) is 1.44. The van der Waals surface area contributed by atoms with Gasteiger partial charge in [0.1, 0.15) is 12.1 Å². The lowest BCUT2D eigenvalue weighted by Gasteiger charge is -2.20. The van der Waals surface area contributed by atoms with Crippen LogP contribution in [-0.4, -0.2) is 29.5 Å². The normalized spacial score (nSPS) is 12.0. The van der Waals surface area contributed by atoms with Crippen LogP contribution in [0.25, 0.3) is 10.9 Å². The topological polar surface area (TPSA) is 92.9 Å². The predicted octanol–water partition coefficient (Wildman–Crippen LogP) is 2.10. The first-order chi connectivity index (χ1) is 11.7. The molecule has 0 radical (unpaired) electrons. The quantitative estimate of drug-likeness (QED) is 0.646. The number of hydrogen-bond donors (Lipinski definition) is 3. The first-order valence-electron chi connectivity index (χ1n) is 7.70. The summed E-state index contributed by atoms with van der Waals surface area (Å²) in [5, 5.41) is 7.39. The van der Waals surface area contributed by atoms with Crippen LogP contribution in [0, 0.1) is 0 Å². The maximum Gasteiger partial charge on any atom is 0.250 e. The lowest BCUT2D eigenvalue weighted by molar-refractivity contribution is 0.100.